The van der Waals surface area contributed by atoms with Crippen LogP contribution >= 0.6 is 12.4 Å². The van der Waals surface area contributed by atoms with Gasteiger partial charge in [0, 0.05) is 19.6 Å². The van der Waals surface area contributed by atoms with Gasteiger partial charge in [-0.15, -0.1) is 12.4 Å². The first kappa shape index (κ1) is 16.7. The first-order valence-corrected chi connectivity index (χ1v) is 7.35. The van der Waals surface area contributed by atoms with Gasteiger partial charge >= 0.3 is 0 Å². The van der Waals surface area contributed by atoms with Crippen LogP contribution in [0, 0.1) is 0 Å². The van der Waals surface area contributed by atoms with Gasteiger partial charge in [-0.05, 0) is 32.2 Å². The molecule has 0 radical (unpaired) electrons. The number of rotatable bonds is 5. The molecular formula is C14H27ClN2O2. The van der Waals surface area contributed by atoms with E-state index in [0.29, 0.717) is 12.1 Å². The maximum absolute atomic E-state index is 12.4. The van der Waals surface area contributed by atoms with Crippen molar-refractivity contribution in [2.24, 2.45) is 0 Å². The Balaban J connectivity index is 0.00000180. The van der Waals surface area contributed by atoms with Gasteiger partial charge in [0.05, 0.1) is 6.10 Å². The van der Waals surface area contributed by atoms with Crippen molar-refractivity contribution in [3.8, 4) is 0 Å². The summed E-state index contributed by atoms with van der Waals surface area (Å²) >= 11 is 0. The van der Waals surface area contributed by atoms with Crippen molar-refractivity contribution in [1.29, 1.82) is 0 Å². The summed E-state index contributed by atoms with van der Waals surface area (Å²) in [5.41, 5.74) is 0. The molecule has 2 atom stereocenters. The van der Waals surface area contributed by atoms with Crippen LogP contribution in [0.1, 0.15) is 45.4 Å². The molecule has 1 aliphatic heterocycles. The number of carbonyl (C=O) groups excluding carboxylic acids is 1. The minimum Gasteiger partial charge on any atom is -0.365 e. The van der Waals surface area contributed by atoms with E-state index in [9.17, 15) is 4.79 Å². The lowest BCUT2D eigenvalue weighted by Gasteiger charge is -2.29. The van der Waals surface area contributed by atoms with Crippen LogP contribution in [0.4, 0.5) is 0 Å². The quantitative estimate of drug-likeness (QED) is 0.842. The maximum atomic E-state index is 12.4. The van der Waals surface area contributed by atoms with Crippen LogP contribution in [-0.2, 0) is 9.53 Å². The lowest BCUT2D eigenvalue weighted by atomic mass is 10.1. The van der Waals surface area contributed by atoms with E-state index in [1.807, 2.05) is 18.9 Å². The summed E-state index contributed by atoms with van der Waals surface area (Å²) < 4.78 is 5.99. The van der Waals surface area contributed by atoms with Crippen molar-refractivity contribution in [1.82, 2.24) is 10.2 Å². The summed E-state index contributed by atoms with van der Waals surface area (Å²) in [6, 6.07) is 0.346. The summed E-state index contributed by atoms with van der Waals surface area (Å²) in [4.78, 5) is 14.3. The standard InChI is InChI=1S/C14H26N2O2.ClH/c1-3-13(18-12-6-4-5-7-12)14(17)16(2)11-8-9-15-10-11;/h11-13,15H,3-10H2,1-2H3;1H. The number of amides is 1. The van der Waals surface area contributed by atoms with Crippen LogP contribution < -0.4 is 5.32 Å². The van der Waals surface area contributed by atoms with Crippen LogP contribution in [-0.4, -0.2) is 49.2 Å². The molecule has 5 heteroatoms. The average molecular weight is 291 g/mol. The second-order valence-electron chi connectivity index (χ2n) is 5.54. The molecule has 1 saturated heterocycles. The normalized spacial score (nSPS) is 25.1. The number of likely N-dealkylation sites (N-methyl/N-ethyl adjacent to an activating group) is 1. The first-order valence-electron chi connectivity index (χ1n) is 7.35. The van der Waals surface area contributed by atoms with E-state index < -0.39 is 0 Å². The molecule has 4 nitrogen and oxygen atoms in total. The third kappa shape index (κ3) is 4.33. The van der Waals surface area contributed by atoms with E-state index >= 15 is 0 Å². The predicted octanol–water partition coefficient (Wildman–Crippen LogP) is 1.97. The van der Waals surface area contributed by atoms with Crippen molar-refractivity contribution >= 4 is 18.3 Å². The van der Waals surface area contributed by atoms with Gasteiger partial charge in [-0.25, -0.2) is 0 Å². The minimum atomic E-state index is -0.237. The summed E-state index contributed by atoms with van der Waals surface area (Å²) in [7, 11) is 1.92. The number of nitrogens with one attached hydrogen (secondary N) is 1. The Morgan fingerprint density at radius 3 is 2.58 bits per heavy atom. The van der Waals surface area contributed by atoms with E-state index in [2.05, 4.69) is 5.32 Å². The predicted molar refractivity (Wildman–Crippen MR) is 78.7 cm³/mol. The second kappa shape index (κ2) is 8.08. The Hall–Kier alpha value is -0.320. The highest BCUT2D eigenvalue weighted by Gasteiger charge is 2.30. The van der Waals surface area contributed by atoms with Crippen LogP contribution in [0.3, 0.4) is 0 Å². The molecule has 2 aliphatic rings. The van der Waals surface area contributed by atoms with Gasteiger partial charge in [0.25, 0.3) is 5.91 Å². The summed E-state index contributed by atoms with van der Waals surface area (Å²) in [5, 5.41) is 3.30. The Bertz CT molecular complexity index is 277. The monoisotopic (exact) mass is 290 g/mol. The van der Waals surface area contributed by atoms with Crippen molar-refractivity contribution in [3.63, 3.8) is 0 Å². The number of carbonyl (C=O) groups is 1. The van der Waals surface area contributed by atoms with Gasteiger partial charge in [-0.3, -0.25) is 4.79 Å². The van der Waals surface area contributed by atoms with Gasteiger partial charge in [-0.1, -0.05) is 19.8 Å². The molecule has 2 rings (SSSR count). The molecule has 1 aliphatic carbocycles. The molecule has 0 aromatic heterocycles. The van der Waals surface area contributed by atoms with Crippen LogP contribution in [0.5, 0.6) is 0 Å². The van der Waals surface area contributed by atoms with Gasteiger partial charge in [-0.2, -0.15) is 0 Å². The van der Waals surface area contributed by atoms with Crippen molar-refractivity contribution in [3.05, 3.63) is 0 Å². The van der Waals surface area contributed by atoms with Gasteiger partial charge < -0.3 is 15.0 Å². The molecule has 0 aromatic carbocycles. The summed E-state index contributed by atoms with van der Waals surface area (Å²) in [6.45, 7) is 3.98. The molecule has 0 aromatic rings. The van der Waals surface area contributed by atoms with Gasteiger partial charge in [0.15, 0.2) is 0 Å². The molecule has 2 unspecified atom stereocenters. The first-order chi connectivity index (χ1) is 8.72. The Morgan fingerprint density at radius 2 is 2.05 bits per heavy atom. The number of halogens is 1. The van der Waals surface area contributed by atoms with Crippen LogP contribution in [0.15, 0.2) is 0 Å². The van der Waals surface area contributed by atoms with Gasteiger partial charge in [0.1, 0.15) is 6.10 Å². The fourth-order valence-electron chi connectivity index (χ4n) is 2.96. The number of hydrogen-bond acceptors (Lipinski definition) is 3. The molecule has 1 saturated carbocycles. The SMILES string of the molecule is CCC(OC1CCCC1)C(=O)N(C)C1CCNC1.Cl. The molecule has 1 amide bonds. The minimum absolute atomic E-state index is 0. The average Bonchev–Trinajstić information content (AvgIpc) is 3.06. The summed E-state index contributed by atoms with van der Waals surface area (Å²) in [5.74, 6) is 0.165. The van der Waals surface area contributed by atoms with E-state index in [1.54, 1.807) is 0 Å². The Kier molecular flexibility index (Phi) is 7.11. The lowest BCUT2D eigenvalue weighted by Crippen LogP contribution is -2.45. The summed E-state index contributed by atoms with van der Waals surface area (Å²) in [6.07, 6.45) is 6.65. The van der Waals surface area contributed by atoms with Gasteiger partial charge in [0.2, 0.25) is 0 Å². The zero-order valence-corrected chi connectivity index (χ0v) is 12.9. The van der Waals surface area contributed by atoms with Crippen molar-refractivity contribution < 1.29 is 9.53 Å². The van der Waals surface area contributed by atoms with Crippen LogP contribution in [0.25, 0.3) is 0 Å². The Labute approximate surface area is 122 Å². The molecule has 0 spiro atoms. The highest BCUT2D eigenvalue weighted by atomic mass is 35.5. The fraction of sp³-hybridized carbons (Fsp3) is 0.929. The van der Waals surface area contributed by atoms with E-state index in [-0.39, 0.29) is 24.4 Å². The number of hydrogen-bond donors (Lipinski definition) is 1. The molecule has 1 N–H and O–H groups in total. The zero-order valence-electron chi connectivity index (χ0n) is 12.1. The molecular weight excluding hydrogens is 264 g/mol. The zero-order chi connectivity index (χ0) is 13.0. The number of ether oxygens (including phenoxy) is 1. The van der Waals surface area contributed by atoms with E-state index in [4.69, 9.17) is 4.74 Å². The molecule has 112 valence electrons. The maximum Gasteiger partial charge on any atom is 0.251 e. The van der Waals surface area contributed by atoms with E-state index in [0.717, 1.165) is 38.8 Å². The third-order valence-corrected chi connectivity index (χ3v) is 4.23. The van der Waals surface area contributed by atoms with Crippen molar-refractivity contribution in [2.75, 3.05) is 20.1 Å². The fourth-order valence-corrected chi connectivity index (χ4v) is 2.96. The third-order valence-electron chi connectivity index (χ3n) is 4.23. The highest BCUT2D eigenvalue weighted by molar-refractivity contribution is 5.85. The molecule has 1 heterocycles. The van der Waals surface area contributed by atoms with Crippen molar-refractivity contribution in [2.45, 2.75) is 63.7 Å². The second-order valence-corrected chi connectivity index (χ2v) is 5.54. The van der Waals surface area contributed by atoms with Crippen LogP contribution in [0.2, 0.25) is 0 Å². The highest BCUT2D eigenvalue weighted by Crippen LogP contribution is 2.23. The largest absolute Gasteiger partial charge is 0.365 e. The Morgan fingerprint density at radius 1 is 1.37 bits per heavy atom. The smallest absolute Gasteiger partial charge is 0.251 e. The number of nitrogens with zero attached hydrogens (tertiary/aromatic N) is 1. The molecule has 2 fully saturated rings. The lowest BCUT2D eigenvalue weighted by molar-refractivity contribution is -0.148. The van der Waals surface area contributed by atoms with E-state index in [1.165, 1.54) is 12.8 Å². The molecule has 0 bridgehead atoms. The molecule has 19 heavy (non-hydrogen) atoms. The topological polar surface area (TPSA) is 41.6 Å².